The third-order valence-corrected chi connectivity index (χ3v) is 6.11. The van der Waals surface area contributed by atoms with E-state index in [1.54, 1.807) is 12.1 Å². The molecule has 2 aromatic heterocycles. The van der Waals surface area contributed by atoms with Crippen molar-refractivity contribution in [1.29, 1.82) is 0 Å². The molecule has 0 spiro atoms. The van der Waals surface area contributed by atoms with Gasteiger partial charge in [-0.05, 0) is 36.4 Å². The smallest absolute Gasteiger partial charge is 0.310 e. The fraction of sp³-hybridized carbons (Fsp3) is 0.105. The molecule has 3 rings (SSSR count). The normalized spacial score (nSPS) is 11.8. The van der Waals surface area contributed by atoms with Gasteiger partial charge in [-0.25, -0.2) is 13.4 Å². The van der Waals surface area contributed by atoms with E-state index in [2.05, 4.69) is 14.7 Å². The SMILES string of the molecule is CN(C(=O)c1ncc(Cl)cc1NS(=O)(=O)c1ccc(Cl)c(C(F)(F)F)c1)c1ccncc1. The number of sulfonamides is 1. The molecule has 32 heavy (non-hydrogen) atoms. The number of carbonyl (C=O) groups excluding carboxylic acids is 1. The second-order valence-electron chi connectivity index (χ2n) is 6.36. The number of hydrogen-bond donors (Lipinski definition) is 1. The molecule has 1 amide bonds. The molecule has 13 heteroatoms. The number of nitrogens with one attached hydrogen (secondary N) is 1. The summed E-state index contributed by atoms with van der Waals surface area (Å²) in [5.74, 6) is -0.697. The van der Waals surface area contributed by atoms with Gasteiger partial charge in [0.1, 0.15) is 0 Å². The van der Waals surface area contributed by atoms with E-state index in [1.807, 2.05) is 0 Å². The number of alkyl halides is 3. The number of anilines is 2. The number of aromatic nitrogens is 2. The van der Waals surface area contributed by atoms with Crippen LogP contribution in [0.5, 0.6) is 0 Å². The molecule has 0 aliphatic heterocycles. The van der Waals surface area contributed by atoms with Gasteiger partial charge in [0.2, 0.25) is 0 Å². The van der Waals surface area contributed by atoms with Crippen LogP contribution in [0.25, 0.3) is 0 Å². The van der Waals surface area contributed by atoms with Gasteiger partial charge >= 0.3 is 6.18 Å². The first-order chi connectivity index (χ1) is 14.9. The molecule has 0 bridgehead atoms. The number of nitrogens with zero attached hydrogens (tertiary/aromatic N) is 3. The van der Waals surface area contributed by atoms with E-state index in [-0.39, 0.29) is 16.4 Å². The molecule has 0 saturated heterocycles. The summed E-state index contributed by atoms with van der Waals surface area (Å²) < 4.78 is 67.1. The van der Waals surface area contributed by atoms with Gasteiger partial charge in [-0.3, -0.25) is 14.5 Å². The van der Waals surface area contributed by atoms with E-state index in [9.17, 15) is 26.4 Å². The number of halogens is 5. The van der Waals surface area contributed by atoms with Crippen LogP contribution in [0.4, 0.5) is 24.5 Å². The highest BCUT2D eigenvalue weighted by Crippen LogP contribution is 2.36. The lowest BCUT2D eigenvalue weighted by Crippen LogP contribution is -2.28. The summed E-state index contributed by atoms with van der Waals surface area (Å²) in [7, 11) is -3.13. The van der Waals surface area contributed by atoms with Crippen LogP contribution in [0.2, 0.25) is 10.0 Å². The van der Waals surface area contributed by atoms with E-state index in [4.69, 9.17) is 23.2 Å². The lowest BCUT2D eigenvalue weighted by atomic mass is 10.2. The lowest BCUT2D eigenvalue weighted by molar-refractivity contribution is -0.137. The molecule has 1 aromatic carbocycles. The van der Waals surface area contributed by atoms with Crippen molar-refractivity contribution in [2.24, 2.45) is 0 Å². The first-order valence-corrected chi connectivity index (χ1v) is 10.9. The number of pyridine rings is 2. The Kier molecular flexibility index (Phi) is 6.63. The fourth-order valence-electron chi connectivity index (χ4n) is 2.62. The molecule has 0 aliphatic carbocycles. The second-order valence-corrected chi connectivity index (χ2v) is 8.89. The Labute approximate surface area is 190 Å². The highest BCUT2D eigenvalue weighted by atomic mass is 35.5. The minimum Gasteiger partial charge on any atom is -0.310 e. The molecule has 0 saturated carbocycles. The van der Waals surface area contributed by atoms with E-state index in [0.29, 0.717) is 11.8 Å². The maximum atomic E-state index is 13.1. The summed E-state index contributed by atoms with van der Waals surface area (Å²) in [6.07, 6.45) is -0.820. The monoisotopic (exact) mass is 504 g/mol. The van der Waals surface area contributed by atoms with Gasteiger partial charge in [0.25, 0.3) is 15.9 Å². The first-order valence-electron chi connectivity index (χ1n) is 8.63. The number of hydrogen-bond acceptors (Lipinski definition) is 5. The topological polar surface area (TPSA) is 92.3 Å². The number of benzene rings is 1. The number of carbonyl (C=O) groups is 1. The van der Waals surface area contributed by atoms with Crippen LogP contribution in [-0.4, -0.2) is 31.3 Å². The van der Waals surface area contributed by atoms with Crippen LogP contribution < -0.4 is 9.62 Å². The molecule has 0 aliphatic rings. The van der Waals surface area contributed by atoms with E-state index in [0.717, 1.165) is 24.4 Å². The van der Waals surface area contributed by atoms with Crippen LogP contribution in [0, 0.1) is 0 Å². The maximum Gasteiger partial charge on any atom is 0.417 e. The van der Waals surface area contributed by atoms with Gasteiger partial charge in [0, 0.05) is 31.3 Å². The number of amides is 1. The third-order valence-electron chi connectivity index (χ3n) is 4.21. The maximum absolute atomic E-state index is 13.1. The molecule has 3 aromatic rings. The second kappa shape index (κ2) is 8.93. The van der Waals surface area contributed by atoms with Crippen LogP contribution in [0.3, 0.4) is 0 Å². The first kappa shape index (κ1) is 23.8. The molecule has 0 fully saturated rings. The largest absolute Gasteiger partial charge is 0.417 e. The van der Waals surface area contributed by atoms with Crippen LogP contribution >= 0.6 is 23.2 Å². The van der Waals surface area contributed by atoms with Crippen molar-refractivity contribution in [2.45, 2.75) is 11.1 Å². The highest BCUT2D eigenvalue weighted by molar-refractivity contribution is 7.92. The highest BCUT2D eigenvalue weighted by Gasteiger charge is 2.35. The van der Waals surface area contributed by atoms with E-state index < -0.39 is 37.6 Å². The van der Waals surface area contributed by atoms with Crippen molar-refractivity contribution in [3.05, 3.63) is 76.3 Å². The minimum absolute atomic E-state index is 0.00194. The van der Waals surface area contributed by atoms with Gasteiger partial charge in [0.15, 0.2) is 5.69 Å². The van der Waals surface area contributed by atoms with Gasteiger partial charge in [-0.1, -0.05) is 23.2 Å². The molecule has 2 heterocycles. The summed E-state index contributed by atoms with van der Waals surface area (Å²) in [4.78, 5) is 21.2. The molecular formula is C19H13Cl2F3N4O3S. The minimum atomic E-state index is -4.87. The lowest BCUT2D eigenvalue weighted by Gasteiger charge is -2.19. The third kappa shape index (κ3) is 5.12. The summed E-state index contributed by atoms with van der Waals surface area (Å²) >= 11 is 11.5. The van der Waals surface area contributed by atoms with Gasteiger partial charge in [-0.2, -0.15) is 13.2 Å². The molecule has 168 valence electrons. The van der Waals surface area contributed by atoms with Crippen molar-refractivity contribution < 1.29 is 26.4 Å². The quantitative estimate of drug-likeness (QED) is 0.534. The zero-order valence-electron chi connectivity index (χ0n) is 16.1. The molecular weight excluding hydrogens is 492 g/mol. The van der Waals surface area contributed by atoms with Gasteiger partial charge in [0.05, 0.1) is 26.2 Å². The van der Waals surface area contributed by atoms with Crippen LogP contribution in [0.15, 0.2) is 59.9 Å². The van der Waals surface area contributed by atoms with Crippen LogP contribution in [0.1, 0.15) is 16.1 Å². The Bertz CT molecular complexity index is 1270. The Balaban J connectivity index is 2.01. The number of rotatable bonds is 5. The van der Waals surface area contributed by atoms with Crippen molar-refractivity contribution >= 4 is 50.5 Å². The van der Waals surface area contributed by atoms with E-state index in [1.165, 1.54) is 24.3 Å². The van der Waals surface area contributed by atoms with Crippen molar-refractivity contribution in [3.8, 4) is 0 Å². The van der Waals surface area contributed by atoms with Crippen molar-refractivity contribution in [2.75, 3.05) is 16.7 Å². The predicted molar refractivity (Wildman–Crippen MR) is 113 cm³/mol. The average molecular weight is 505 g/mol. The Morgan fingerprint density at radius 3 is 2.38 bits per heavy atom. The molecule has 0 atom stereocenters. The Morgan fingerprint density at radius 2 is 1.75 bits per heavy atom. The summed E-state index contributed by atoms with van der Waals surface area (Å²) in [5, 5.41) is -0.659. The zero-order chi connectivity index (χ0) is 23.7. The summed E-state index contributed by atoms with van der Waals surface area (Å²) in [6.45, 7) is 0. The van der Waals surface area contributed by atoms with Crippen LogP contribution in [-0.2, 0) is 16.2 Å². The van der Waals surface area contributed by atoms with Gasteiger partial charge < -0.3 is 4.90 Å². The molecule has 0 radical (unpaired) electrons. The Hall–Kier alpha value is -2.89. The molecule has 7 nitrogen and oxygen atoms in total. The predicted octanol–water partition coefficient (Wildman–Crippen LogP) is 4.88. The molecule has 1 N–H and O–H groups in total. The van der Waals surface area contributed by atoms with Crippen molar-refractivity contribution in [3.63, 3.8) is 0 Å². The molecule has 0 unspecified atom stereocenters. The zero-order valence-corrected chi connectivity index (χ0v) is 18.4. The van der Waals surface area contributed by atoms with E-state index >= 15 is 0 Å². The summed E-state index contributed by atoms with van der Waals surface area (Å²) in [5.41, 5.74) is -1.50. The average Bonchev–Trinajstić information content (AvgIpc) is 2.72. The Morgan fingerprint density at radius 1 is 1.09 bits per heavy atom. The summed E-state index contributed by atoms with van der Waals surface area (Å²) in [6, 6.07) is 6.34. The van der Waals surface area contributed by atoms with Gasteiger partial charge in [-0.15, -0.1) is 0 Å². The van der Waals surface area contributed by atoms with Crippen molar-refractivity contribution in [1.82, 2.24) is 9.97 Å². The fourth-order valence-corrected chi connectivity index (χ4v) is 4.09. The standard InChI is InChI=1S/C19H13Cl2F3N4O3S/c1-28(12-4-6-25-7-5-12)18(29)17-16(8-11(20)10-26-17)27-32(30,31)13-2-3-15(21)14(9-13)19(22,23)24/h2-10,27H,1H3.